The summed E-state index contributed by atoms with van der Waals surface area (Å²) in [6.45, 7) is 7.77. The Morgan fingerprint density at radius 3 is 2.45 bits per heavy atom. The van der Waals surface area contributed by atoms with Crippen molar-refractivity contribution in [1.82, 2.24) is 4.98 Å². The Labute approximate surface area is 183 Å². The fourth-order valence-electron chi connectivity index (χ4n) is 3.04. The average molecular weight is 443 g/mol. The van der Waals surface area contributed by atoms with E-state index in [1.54, 1.807) is 55.7 Å². The van der Waals surface area contributed by atoms with Crippen LogP contribution >= 0.6 is 0 Å². The molecule has 0 aliphatic heterocycles. The average Bonchev–Trinajstić information content (AvgIpc) is 2.73. The van der Waals surface area contributed by atoms with Crippen LogP contribution in [0.5, 0.6) is 11.5 Å². The number of ether oxygens (including phenoxy) is 1. The van der Waals surface area contributed by atoms with Crippen molar-refractivity contribution < 1.29 is 17.5 Å². The lowest BCUT2D eigenvalue weighted by molar-refractivity contribution is 0.439. The van der Waals surface area contributed by atoms with Gasteiger partial charge in [-0.05, 0) is 53.8 Å². The van der Waals surface area contributed by atoms with Gasteiger partial charge >= 0.3 is 0 Å². The molecule has 7 heteroatoms. The number of nitrogens with zero attached hydrogens (tertiary/aromatic N) is 2. The molecule has 1 aromatic heterocycles. The van der Waals surface area contributed by atoms with Gasteiger partial charge in [-0.2, -0.15) is 0 Å². The monoisotopic (exact) mass is 442 g/mol. The molecule has 0 bridgehead atoms. The molecular weight excluding hydrogens is 415 g/mol. The number of aromatic nitrogens is 1. The van der Waals surface area contributed by atoms with Crippen LogP contribution in [-0.2, 0) is 22.0 Å². The molecule has 0 aliphatic carbocycles. The number of sulfonamides is 1. The van der Waals surface area contributed by atoms with Crippen LogP contribution in [0.4, 0.5) is 10.1 Å². The van der Waals surface area contributed by atoms with Gasteiger partial charge in [-0.1, -0.05) is 39.0 Å². The van der Waals surface area contributed by atoms with E-state index in [1.165, 1.54) is 10.4 Å². The summed E-state index contributed by atoms with van der Waals surface area (Å²) in [5, 5.41) is 0. The summed E-state index contributed by atoms with van der Waals surface area (Å²) in [4.78, 5) is 4.06. The zero-order chi connectivity index (χ0) is 22.6. The largest absolute Gasteiger partial charge is 0.454 e. The quantitative estimate of drug-likeness (QED) is 0.473. The molecule has 5 nitrogen and oxygen atoms in total. The number of hydrogen-bond acceptors (Lipinski definition) is 4. The van der Waals surface area contributed by atoms with Crippen molar-refractivity contribution in [3.05, 3.63) is 83.9 Å². The van der Waals surface area contributed by atoms with E-state index in [0.717, 1.165) is 11.1 Å². The van der Waals surface area contributed by atoms with Crippen molar-refractivity contribution in [1.29, 1.82) is 0 Å². The fourth-order valence-corrected chi connectivity index (χ4v) is 4.13. The first-order chi connectivity index (χ1) is 14.6. The van der Waals surface area contributed by atoms with E-state index >= 15 is 0 Å². The van der Waals surface area contributed by atoms with E-state index in [-0.39, 0.29) is 23.5 Å². The first-order valence-electron chi connectivity index (χ1n) is 10.1. The molecule has 0 spiro atoms. The molecule has 0 radical (unpaired) electrons. The summed E-state index contributed by atoms with van der Waals surface area (Å²) in [5.74, 6) is -0.0859. The van der Waals surface area contributed by atoms with E-state index in [2.05, 4.69) is 4.98 Å². The highest BCUT2D eigenvalue weighted by molar-refractivity contribution is 7.92. The predicted octanol–water partition coefficient (Wildman–Crippen LogP) is 5.67. The third-order valence-corrected chi connectivity index (χ3v) is 6.62. The van der Waals surface area contributed by atoms with Crippen molar-refractivity contribution in [3.63, 3.8) is 0 Å². The van der Waals surface area contributed by atoms with Crippen molar-refractivity contribution >= 4 is 15.7 Å². The van der Waals surface area contributed by atoms with Crippen LogP contribution in [0.1, 0.15) is 38.8 Å². The lowest BCUT2D eigenvalue weighted by atomic mass is 9.87. The SMILES string of the molecule is CCS(=O)(=O)N(Cc1cccnc1)c1cccc(Oc2ccc(C(C)(C)C)cc2F)c1. The van der Waals surface area contributed by atoms with E-state index in [1.807, 2.05) is 32.9 Å². The number of anilines is 1. The fraction of sp³-hybridized carbons (Fsp3) is 0.292. The van der Waals surface area contributed by atoms with Crippen molar-refractivity contribution in [2.75, 3.05) is 10.1 Å². The molecule has 1 heterocycles. The Balaban J connectivity index is 1.92. The summed E-state index contributed by atoms with van der Waals surface area (Å²) in [6, 6.07) is 15.1. The predicted molar refractivity (Wildman–Crippen MR) is 121 cm³/mol. The van der Waals surface area contributed by atoms with Crippen LogP contribution in [-0.4, -0.2) is 19.2 Å². The van der Waals surface area contributed by atoms with Gasteiger partial charge in [0.25, 0.3) is 0 Å². The maximum atomic E-state index is 14.6. The Hall–Kier alpha value is -2.93. The summed E-state index contributed by atoms with van der Waals surface area (Å²) in [7, 11) is -3.56. The topological polar surface area (TPSA) is 59.5 Å². The number of rotatable bonds is 7. The van der Waals surface area contributed by atoms with E-state index in [0.29, 0.717) is 11.4 Å². The van der Waals surface area contributed by atoms with Crippen LogP contribution in [0.2, 0.25) is 0 Å². The van der Waals surface area contributed by atoms with Crippen molar-refractivity contribution in [2.45, 2.75) is 39.7 Å². The van der Waals surface area contributed by atoms with Crippen LogP contribution < -0.4 is 9.04 Å². The zero-order valence-corrected chi connectivity index (χ0v) is 19.0. The molecule has 31 heavy (non-hydrogen) atoms. The van der Waals surface area contributed by atoms with Gasteiger partial charge in [-0.3, -0.25) is 9.29 Å². The molecule has 0 saturated heterocycles. The van der Waals surface area contributed by atoms with Crippen LogP contribution in [0.3, 0.4) is 0 Å². The number of hydrogen-bond donors (Lipinski definition) is 0. The highest BCUT2D eigenvalue weighted by atomic mass is 32.2. The molecule has 0 atom stereocenters. The molecule has 0 amide bonds. The molecule has 0 saturated carbocycles. The molecule has 0 N–H and O–H groups in total. The second kappa shape index (κ2) is 9.06. The Kier molecular flexibility index (Phi) is 6.65. The summed E-state index contributed by atoms with van der Waals surface area (Å²) in [6.07, 6.45) is 3.26. The van der Waals surface area contributed by atoms with Gasteiger partial charge < -0.3 is 4.74 Å². The summed E-state index contributed by atoms with van der Waals surface area (Å²) in [5.41, 5.74) is 1.88. The zero-order valence-electron chi connectivity index (χ0n) is 18.2. The first kappa shape index (κ1) is 22.7. The number of pyridine rings is 1. The standard InChI is InChI=1S/C24H27FN2O3S/c1-5-31(28,29)27(17-18-8-7-13-26-16-18)20-9-6-10-21(15-20)30-23-12-11-19(14-22(23)25)24(2,3)4/h6-16H,5,17H2,1-4H3. The number of benzene rings is 2. The molecule has 3 aromatic rings. The lowest BCUT2D eigenvalue weighted by Gasteiger charge is -2.24. The smallest absolute Gasteiger partial charge is 0.235 e. The van der Waals surface area contributed by atoms with Gasteiger partial charge in [0.2, 0.25) is 10.0 Å². The van der Waals surface area contributed by atoms with Gasteiger partial charge in [0.15, 0.2) is 11.6 Å². The molecule has 2 aromatic carbocycles. The van der Waals surface area contributed by atoms with E-state index < -0.39 is 15.8 Å². The first-order valence-corrected chi connectivity index (χ1v) is 11.7. The molecular formula is C24H27FN2O3S. The lowest BCUT2D eigenvalue weighted by Crippen LogP contribution is -2.31. The molecule has 0 fully saturated rings. The van der Waals surface area contributed by atoms with Gasteiger partial charge in [0.1, 0.15) is 5.75 Å². The highest BCUT2D eigenvalue weighted by Gasteiger charge is 2.22. The molecule has 0 unspecified atom stereocenters. The Morgan fingerprint density at radius 2 is 1.84 bits per heavy atom. The second-order valence-electron chi connectivity index (χ2n) is 8.26. The van der Waals surface area contributed by atoms with Crippen molar-refractivity contribution in [2.24, 2.45) is 0 Å². The second-order valence-corrected chi connectivity index (χ2v) is 10.4. The van der Waals surface area contributed by atoms with Gasteiger partial charge in [-0.25, -0.2) is 12.8 Å². The molecule has 3 rings (SSSR count). The van der Waals surface area contributed by atoms with E-state index in [9.17, 15) is 12.8 Å². The highest BCUT2D eigenvalue weighted by Crippen LogP contribution is 2.32. The van der Waals surface area contributed by atoms with Gasteiger partial charge in [0.05, 0.1) is 18.0 Å². The van der Waals surface area contributed by atoms with Crippen molar-refractivity contribution in [3.8, 4) is 11.5 Å². The Morgan fingerprint density at radius 1 is 1.06 bits per heavy atom. The van der Waals surface area contributed by atoms with Crippen LogP contribution in [0.25, 0.3) is 0 Å². The summed E-state index contributed by atoms with van der Waals surface area (Å²) < 4.78 is 47.2. The molecule has 0 aliphatic rings. The van der Waals surface area contributed by atoms with Crippen LogP contribution in [0.15, 0.2) is 67.0 Å². The van der Waals surface area contributed by atoms with Gasteiger partial charge in [0, 0.05) is 18.5 Å². The maximum absolute atomic E-state index is 14.6. The maximum Gasteiger partial charge on any atom is 0.235 e. The van der Waals surface area contributed by atoms with Crippen LogP contribution in [0, 0.1) is 5.82 Å². The molecule has 164 valence electrons. The third-order valence-electron chi connectivity index (χ3n) is 4.88. The minimum Gasteiger partial charge on any atom is -0.454 e. The number of halogens is 1. The minimum atomic E-state index is -3.56. The Bertz CT molecular complexity index is 1140. The summed E-state index contributed by atoms with van der Waals surface area (Å²) >= 11 is 0. The minimum absolute atomic E-state index is 0.0543. The van der Waals surface area contributed by atoms with Gasteiger partial charge in [-0.15, -0.1) is 0 Å². The normalized spacial score (nSPS) is 11.9. The third kappa shape index (κ3) is 5.61. The van der Waals surface area contributed by atoms with E-state index in [4.69, 9.17) is 4.74 Å².